The van der Waals surface area contributed by atoms with Crippen molar-refractivity contribution in [1.82, 2.24) is 34.9 Å². The molecular weight excluding hydrogens is 554 g/mol. The van der Waals surface area contributed by atoms with E-state index in [1.54, 1.807) is 22.8 Å². The summed E-state index contributed by atoms with van der Waals surface area (Å²) in [5.74, 6) is 0.669. The molecule has 0 aliphatic carbocycles. The molecule has 214 valence electrons. The third kappa shape index (κ3) is 4.42. The number of fused-ring (bicyclic) bond motifs is 7. The van der Waals surface area contributed by atoms with Crippen LogP contribution in [-0.2, 0) is 0 Å². The van der Waals surface area contributed by atoms with Crippen LogP contribution in [0.2, 0.25) is 0 Å². The number of pyridine rings is 1. The number of hydrogen-bond donors (Lipinski definition) is 2. The van der Waals surface area contributed by atoms with E-state index in [9.17, 15) is 4.79 Å². The lowest BCUT2D eigenvalue weighted by Gasteiger charge is -2.27. The van der Waals surface area contributed by atoms with Gasteiger partial charge in [0, 0.05) is 51.9 Å². The average molecular weight is 580 g/mol. The van der Waals surface area contributed by atoms with Crippen molar-refractivity contribution >= 4 is 40.7 Å². The Morgan fingerprint density at radius 2 is 1.73 bits per heavy atom. The molecule has 0 spiro atoms. The number of aryl methyl sites for hydroxylation is 1. The number of aliphatic imine (C=N–C) groups is 2. The first-order valence-corrected chi connectivity index (χ1v) is 14.1. The first-order chi connectivity index (χ1) is 21.4. The summed E-state index contributed by atoms with van der Waals surface area (Å²) in [4.78, 5) is 40.8. The molecule has 4 aliphatic heterocycles. The number of nitrogens with zero attached hydrogens (tertiary/aromatic N) is 7. The van der Waals surface area contributed by atoms with Gasteiger partial charge in [-0.15, -0.1) is 0 Å². The maximum Gasteiger partial charge on any atom is 0.252 e. The molecule has 0 saturated carbocycles. The van der Waals surface area contributed by atoms with Gasteiger partial charge in [-0.25, -0.2) is 20.0 Å². The van der Waals surface area contributed by atoms with E-state index in [1.807, 2.05) is 73.7 Å². The first-order valence-electron chi connectivity index (χ1n) is 14.1. The van der Waals surface area contributed by atoms with Crippen LogP contribution in [0.5, 0.6) is 5.88 Å². The predicted octanol–water partition coefficient (Wildman–Crippen LogP) is 2.55. The van der Waals surface area contributed by atoms with Crippen LogP contribution in [0.1, 0.15) is 28.2 Å². The average Bonchev–Trinajstić information content (AvgIpc) is 3.86. The van der Waals surface area contributed by atoms with Gasteiger partial charge in [-0.3, -0.25) is 4.79 Å². The molecule has 4 aliphatic rings. The van der Waals surface area contributed by atoms with Crippen molar-refractivity contribution in [2.24, 2.45) is 9.98 Å². The van der Waals surface area contributed by atoms with E-state index in [0.717, 1.165) is 50.5 Å². The van der Waals surface area contributed by atoms with E-state index in [1.165, 1.54) is 13.4 Å². The van der Waals surface area contributed by atoms with Crippen LogP contribution in [0.4, 0.5) is 0 Å². The van der Waals surface area contributed by atoms with Crippen molar-refractivity contribution < 1.29 is 9.53 Å². The number of Topliss-reactive ketones (excluding diaryl/α,β-unsaturated/α-hetero) is 1. The van der Waals surface area contributed by atoms with Crippen molar-refractivity contribution in [3.8, 4) is 5.88 Å². The first kappa shape index (κ1) is 25.7. The van der Waals surface area contributed by atoms with Gasteiger partial charge in [-0.1, -0.05) is 0 Å². The predicted molar refractivity (Wildman–Crippen MR) is 166 cm³/mol. The second-order valence-corrected chi connectivity index (χ2v) is 10.9. The number of methoxy groups -OCH3 is 1. The van der Waals surface area contributed by atoms with Crippen LogP contribution < -0.4 is 20.8 Å². The van der Waals surface area contributed by atoms with Crippen LogP contribution >= 0.6 is 0 Å². The van der Waals surface area contributed by atoms with Crippen molar-refractivity contribution in [3.05, 3.63) is 124 Å². The fraction of sp³-hybridized carbons (Fsp3) is 0.121. The van der Waals surface area contributed by atoms with Gasteiger partial charge in [0.05, 0.1) is 35.6 Å². The molecule has 0 radical (unpaired) electrons. The van der Waals surface area contributed by atoms with Crippen LogP contribution in [0, 0.1) is 6.92 Å². The Morgan fingerprint density at radius 3 is 2.52 bits per heavy atom. The number of H-pyrrole nitrogens is 1. The van der Waals surface area contributed by atoms with E-state index in [0.29, 0.717) is 29.3 Å². The second-order valence-electron chi connectivity index (χ2n) is 10.9. The molecule has 0 fully saturated rings. The fourth-order valence-corrected chi connectivity index (χ4v) is 5.87. The second kappa shape index (κ2) is 9.80. The molecule has 4 aromatic heterocycles. The number of allylic oxidation sites excluding steroid dienone is 5. The summed E-state index contributed by atoms with van der Waals surface area (Å²) in [5.41, 5.74) is 5.37. The van der Waals surface area contributed by atoms with Gasteiger partial charge >= 0.3 is 0 Å². The molecule has 11 nitrogen and oxygen atoms in total. The molecule has 0 saturated heterocycles. The Hall–Kier alpha value is -5.97. The molecule has 4 aromatic rings. The topological polar surface area (TPSA) is 135 Å². The van der Waals surface area contributed by atoms with Gasteiger partial charge in [-0.2, -0.15) is 14.6 Å². The number of rotatable bonds is 4. The molecule has 8 heterocycles. The molecule has 2 N–H and O–H groups in total. The minimum atomic E-state index is -1.21. The molecule has 1 unspecified atom stereocenters. The number of carbonyl (C=O) groups excluding carboxylic acids is 1. The SMILES string of the molecule is COc1cc(C(=O)C23C=C4C=CC(=N4)C=c4ccc([nH]4)=CC4=NC(=CC(=C(c5cc(C)nc6ncnn56)C2)N3)C=C4)ccn1. The number of aromatic nitrogens is 6. The summed E-state index contributed by atoms with van der Waals surface area (Å²) in [6.45, 7) is 1.92. The largest absolute Gasteiger partial charge is 0.481 e. The highest BCUT2D eigenvalue weighted by molar-refractivity contribution is 6.20. The minimum Gasteiger partial charge on any atom is -0.481 e. The van der Waals surface area contributed by atoms with Crippen molar-refractivity contribution in [2.45, 2.75) is 18.9 Å². The van der Waals surface area contributed by atoms with E-state index >= 15 is 0 Å². The van der Waals surface area contributed by atoms with E-state index < -0.39 is 5.54 Å². The van der Waals surface area contributed by atoms with E-state index in [2.05, 4.69) is 30.4 Å². The number of nitrogens with one attached hydrogen (secondary N) is 2. The Bertz CT molecular complexity index is 2260. The van der Waals surface area contributed by atoms with Gasteiger partial charge in [0.15, 0.2) is 5.78 Å². The van der Waals surface area contributed by atoms with Crippen molar-refractivity contribution in [3.63, 3.8) is 0 Å². The Morgan fingerprint density at radius 1 is 0.955 bits per heavy atom. The highest BCUT2D eigenvalue weighted by atomic mass is 16.5. The van der Waals surface area contributed by atoms with Gasteiger partial charge in [0.25, 0.3) is 5.78 Å². The van der Waals surface area contributed by atoms with Crippen molar-refractivity contribution in [2.75, 3.05) is 7.11 Å². The Labute approximate surface area is 250 Å². The van der Waals surface area contributed by atoms with Crippen molar-refractivity contribution in [1.29, 1.82) is 0 Å². The molecule has 0 aromatic carbocycles. The maximum absolute atomic E-state index is 14.6. The maximum atomic E-state index is 14.6. The van der Waals surface area contributed by atoms with Crippen LogP contribution in [0.3, 0.4) is 0 Å². The number of ether oxygens (including phenoxy) is 1. The summed E-state index contributed by atoms with van der Waals surface area (Å²) < 4.78 is 7.05. The van der Waals surface area contributed by atoms with Crippen LogP contribution in [-0.4, -0.2) is 59.4 Å². The quantitative estimate of drug-likeness (QED) is 0.355. The van der Waals surface area contributed by atoms with E-state index in [-0.39, 0.29) is 5.78 Å². The highest BCUT2D eigenvalue weighted by Crippen LogP contribution is 2.40. The van der Waals surface area contributed by atoms with Crippen LogP contribution in [0.15, 0.2) is 106 Å². The molecule has 11 heteroatoms. The molecule has 8 bridgehead atoms. The zero-order valence-electron chi connectivity index (χ0n) is 23.8. The standard InChI is InChI=1S/C33H25N9O2/c1-19-11-29(42-32(37-19)35-18-36-42)27-17-33(31(43)20-9-10-34-30(12-20)44-2)16-26-8-7-24(40-26)14-22-4-3-21(38-22)13-23-5-6-25(39-23)15-28(27)41-33/h3-16,18,38,41H,17H2,1-2H3. The molecule has 8 rings (SSSR count). The third-order valence-electron chi connectivity index (χ3n) is 7.83. The summed E-state index contributed by atoms with van der Waals surface area (Å²) in [5, 5.41) is 9.93. The van der Waals surface area contributed by atoms with Gasteiger partial charge in [0.2, 0.25) is 5.88 Å². The molecule has 0 amide bonds. The highest BCUT2D eigenvalue weighted by Gasteiger charge is 2.45. The fourth-order valence-electron chi connectivity index (χ4n) is 5.87. The Balaban J connectivity index is 1.38. The molecule has 1 atom stereocenters. The van der Waals surface area contributed by atoms with Gasteiger partial charge < -0.3 is 15.0 Å². The number of carbonyl (C=O) groups is 1. The number of ketones is 1. The molecular formula is C33H25N9O2. The summed E-state index contributed by atoms with van der Waals surface area (Å²) in [7, 11) is 1.53. The third-order valence-corrected chi connectivity index (χ3v) is 7.83. The smallest absolute Gasteiger partial charge is 0.252 e. The Kier molecular flexibility index (Phi) is 5.73. The zero-order chi connectivity index (χ0) is 29.8. The number of hydrogen-bond acceptors (Lipinski definition) is 9. The molecule has 44 heavy (non-hydrogen) atoms. The summed E-state index contributed by atoms with van der Waals surface area (Å²) >= 11 is 0. The zero-order valence-corrected chi connectivity index (χ0v) is 23.8. The lowest BCUT2D eigenvalue weighted by molar-refractivity contribution is 0.0908. The minimum absolute atomic E-state index is 0.159. The lowest BCUT2D eigenvalue weighted by Crippen LogP contribution is -2.46. The monoisotopic (exact) mass is 579 g/mol. The normalized spacial score (nSPS) is 20.0. The number of aromatic amines is 1. The summed E-state index contributed by atoms with van der Waals surface area (Å²) in [6, 6.07) is 9.32. The van der Waals surface area contributed by atoms with E-state index in [4.69, 9.17) is 14.7 Å². The van der Waals surface area contributed by atoms with Gasteiger partial charge in [0.1, 0.15) is 11.9 Å². The summed E-state index contributed by atoms with van der Waals surface area (Å²) in [6.07, 6.45) is 19.0. The van der Waals surface area contributed by atoms with Gasteiger partial charge in [-0.05, 0) is 79.8 Å². The lowest BCUT2D eigenvalue weighted by atomic mass is 9.84. The van der Waals surface area contributed by atoms with Crippen LogP contribution in [0.25, 0.3) is 23.5 Å².